The molecule has 2 aromatic carbocycles. The molecule has 0 saturated heterocycles. The Hall–Kier alpha value is -3.27. The van der Waals surface area contributed by atoms with Crippen LogP contribution in [-0.2, 0) is 26.0 Å². The van der Waals surface area contributed by atoms with Crippen molar-refractivity contribution in [3.05, 3.63) is 54.1 Å². The van der Waals surface area contributed by atoms with Crippen molar-refractivity contribution in [1.82, 2.24) is 10.2 Å². The number of rotatable bonds is 11. The van der Waals surface area contributed by atoms with Crippen LogP contribution in [0.15, 0.2) is 48.5 Å². The molecule has 1 atom stereocenters. The van der Waals surface area contributed by atoms with Gasteiger partial charge in [0.2, 0.25) is 21.8 Å². The predicted octanol–water partition coefficient (Wildman–Crippen LogP) is 3.13. The van der Waals surface area contributed by atoms with E-state index in [1.54, 1.807) is 18.2 Å². The number of sulfonamides is 1. The van der Waals surface area contributed by atoms with Gasteiger partial charge in [0.25, 0.3) is 0 Å². The smallest absolute Gasteiger partial charge is 0.244 e. The van der Waals surface area contributed by atoms with E-state index in [9.17, 15) is 18.0 Å². The van der Waals surface area contributed by atoms with Crippen molar-refractivity contribution in [2.75, 3.05) is 36.9 Å². The molecule has 9 nitrogen and oxygen atoms in total. The Labute approximate surface area is 225 Å². The number of fused-ring (bicyclic) bond motifs is 1. The van der Waals surface area contributed by atoms with Crippen LogP contribution in [0.5, 0.6) is 11.5 Å². The molecule has 1 saturated carbocycles. The van der Waals surface area contributed by atoms with Crippen LogP contribution < -0.4 is 19.1 Å². The molecular weight excluding hydrogens is 506 g/mol. The summed E-state index contributed by atoms with van der Waals surface area (Å²) in [7, 11) is -3.82. The topological polar surface area (TPSA) is 105 Å². The Balaban J connectivity index is 1.58. The number of benzene rings is 2. The third-order valence-electron chi connectivity index (χ3n) is 7.06. The van der Waals surface area contributed by atoms with Crippen LogP contribution in [0.3, 0.4) is 0 Å². The van der Waals surface area contributed by atoms with E-state index in [-0.39, 0.29) is 18.5 Å². The molecule has 1 aliphatic heterocycles. The molecule has 4 rings (SSSR count). The van der Waals surface area contributed by atoms with Crippen molar-refractivity contribution in [2.45, 2.75) is 57.5 Å². The van der Waals surface area contributed by atoms with Gasteiger partial charge in [-0.3, -0.25) is 13.9 Å². The molecule has 38 heavy (non-hydrogen) atoms. The van der Waals surface area contributed by atoms with E-state index in [0.29, 0.717) is 43.2 Å². The molecule has 1 heterocycles. The molecule has 1 unspecified atom stereocenters. The van der Waals surface area contributed by atoms with Gasteiger partial charge in [0.15, 0.2) is 11.5 Å². The van der Waals surface area contributed by atoms with Crippen molar-refractivity contribution in [3.8, 4) is 11.5 Å². The molecule has 1 aliphatic carbocycles. The largest absolute Gasteiger partial charge is 0.486 e. The fourth-order valence-electron chi connectivity index (χ4n) is 5.06. The molecule has 0 bridgehead atoms. The Morgan fingerprint density at radius 1 is 1.03 bits per heavy atom. The van der Waals surface area contributed by atoms with E-state index >= 15 is 0 Å². The van der Waals surface area contributed by atoms with Crippen molar-refractivity contribution < 1.29 is 27.5 Å². The maximum absolute atomic E-state index is 13.8. The summed E-state index contributed by atoms with van der Waals surface area (Å²) in [6.07, 6.45) is 6.06. The molecule has 0 aromatic heterocycles. The molecule has 2 aromatic rings. The minimum atomic E-state index is -3.82. The fraction of sp³-hybridized carbons (Fsp3) is 0.500. The SMILES string of the molecule is CCC(C(=O)NC1CCCC1)N(CCc1ccccc1)C(=O)CN(c1ccc2c(c1)OCCO2)S(C)(=O)=O. The quantitative estimate of drug-likeness (QED) is 0.467. The summed E-state index contributed by atoms with van der Waals surface area (Å²) in [4.78, 5) is 28.7. The first-order valence-electron chi connectivity index (χ1n) is 13.3. The van der Waals surface area contributed by atoms with Gasteiger partial charge in [0, 0.05) is 18.7 Å². The summed E-state index contributed by atoms with van der Waals surface area (Å²) in [6.45, 7) is 2.50. The molecule has 2 amide bonds. The highest BCUT2D eigenvalue weighted by Gasteiger charge is 2.33. The summed E-state index contributed by atoms with van der Waals surface area (Å²) in [5.41, 5.74) is 1.33. The van der Waals surface area contributed by atoms with Gasteiger partial charge in [0.05, 0.1) is 11.9 Å². The third-order valence-corrected chi connectivity index (χ3v) is 8.21. The number of carbonyl (C=O) groups is 2. The summed E-state index contributed by atoms with van der Waals surface area (Å²) in [5, 5.41) is 3.12. The second-order valence-corrected chi connectivity index (χ2v) is 11.7. The second kappa shape index (κ2) is 12.5. The standard InChI is InChI=1S/C28H37N3O6S/c1-3-24(28(33)29-22-11-7-8-12-22)30(16-15-21-9-5-4-6-10-21)27(32)20-31(38(2,34)35)23-13-14-25-26(19-23)37-18-17-36-25/h4-6,9-10,13-14,19,22,24H,3,7-8,11-12,15-18,20H2,1-2H3,(H,29,33). The average Bonchev–Trinajstić information content (AvgIpc) is 3.42. The van der Waals surface area contributed by atoms with E-state index in [0.717, 1.165) is 41.8 Å². The summed E-state index contributed by atoms with van der Waals surface area (Å²) >= 11 is 0. The molecule has 1 N–H and O–H groups in total. The van der Waals surface area contributed by atoms with Crippen LogP contribution in [0.1, 0.15) is 44.6 Å². The van der Waals surface area contributed by atoms with Gasteiger partial charge in [-0.2, -0.15) is 0 Å². The lowest BCUT2D eigenvalue weighted by molar-refractivity contribution is -0.139. The monoisotopic (exact) mass is 543 g/mol. The number of ether oxygens (including phenoxy) is 2. The summed E-state index contributed by atoms with van der Waals surface area (Å²) in [5.74, 6) is 0.331. The zero-order valence-corrected chi connectivity index (χ0v) is 22.9. The Morgan fingerprint density at radius 3 is 2.37 bits per heavy atom. The highest BCUT2D eigenvalue weighted by atomic mass is 32.2. The van der Waals surface area contributed by atoms with Crippen molar-refractivity contribution >= 4 is 27.5 Å². The summed E-state index contributed by atoms with van der Waals surface area (Å²) < 4.78 is 37.9. The van der Waals surface area contributed by atoms with Gasteiger partial charge in [-0.1, -0.05) is 50.1 Å². The highest BCUT2D eigenvalue weighted by molar-refractivity contribution is 7.92. The first-order valence-corrected chi connectivity index (χ1v) is 15.1. The van der Waals surface area contributed by atoms with Crippen molar-refractivity contribution in [2.24, 2.45) is 0 Å². The Morgan fingerprint density at radius 2 is 1.71 bits per heavy atom. The molecule has 206 valence electrons. The predicted molar refractivity (Wildman–Crippen MR) is 146 cm³/mol. The van der Waals surface area contributed by atoms with Crippen LogP contribution in [0.25, 0.3) is 0 Å². The number of nitrogens with zero attached hydrogens (tertiary/aromatic N) is 2. The number of hydrogen-bond acceptors (Lipinski definition) is 6. The van der Waals surface area contributed by atoms with Gasteiger partial charge in [-0.05, 0) is 43.4 Å². The van der Waals surface area contributed by atoms with Crippen LogP contribution in [0, 0.1) is 0 Å². The fourth-order valence-corrected chi connectivity index (χ4v) is 5.91. The molecule has 0 spiro atoms. The number of hydrogen-bond donors (Lipinski definition) is 1. The average molecular weight is 544 g/mol. The van der Waals surface area contributed by atoms with Crippen LogP contribution in [0.2, 0.25) is 0 Å². The van der Waals surface area contributed by atoms with Gasteiger partial charge < -0.3 is 19.7 Å². The maximum Gasteiger partial charge on any atom is 0.244 e. The van der Waals surface area contributed by atoms with Gasteiger partial charge in [-0.25, -0.2) is 8.42 Å². The van der Waals surface area contributed by atoms with Crippen molar-refractivity contribution in [1.29, 1.82) is 0 Å². The minimum Gasteiger partial charge on any atom is -0.486 e. The van der Waals surface area contributed by atoms with Crippen LogP contribution in [-0.4, -0.2) is 69.8 Å². The normalized spacial score (nSPS) is 16.1. The lowest BCUT2D eigenvalue weighted by atomic mass is 10.1. The number of carbonyl (C=O) groups excluding carboxylic acids is 2. The van der Waals surface area contributed by atoms with Crippen molar-refractivity contribution in [3.63, 3.8) is 0 Å². The highest BCUT2D eigenvalue weighted by Crippen LogP contribution is 2.34. The van der Waals surface area contributed by atoms with Crippen LogP contribution >= 0.6 is 0 Å². The molecule has 2 aliphatic rings. The number of amides is 2. The third kappa shape index (κ3) is 6.98. The molecule has 10 heteroatoms. The minimum absolute atomic E-state index is 0.118. The van der Waals surface area contributed by atoms with E-state index in [1.807, 2.05) is 37.3 Å². The van der Waals surface area contributed by atoms with Crippen LogP contribution in [0.4, 0.5) is 5.69 Å². The molecule has 1 fully saturated rings. The Kier molecular flexibility index (Phi) is 9.14. The van der Waals surface area contributed by atoms with E-state index in [2.05, 4.69) is 5.32 Å². The summed E-state index contributed by atoms with van der Waals surface area (Å²) in [6, 6.07) is 14.0. The maximum atomic E-state index is 13.8. The van der Waals surface area contributed by atoms with E-state index < -0.39 is 28.5 Å². The van der Waals surface area contributed by atoms with Gasteiger partial charge in [0.1, 0.15) is 25.8 Å². The first-order chi connectivity index (χ1) is 18.3. The zero-order chi connectivity index (χ0) is 27.1. The number of anilines is 1. The van der Waals surface area contributed by atoms with Gasteiger partial charge >= 0.3 is 0 Å². The zero-order valence-electron chi connectivity index (χ0n) is 22.1. The first kappa shape index (κ1) is 27.8. The molecular formula is C28H37N3O6S. The lowest BCUT2D eigenvalue weighted by Crippen LogP contribution is -2.54. The molecule has 0 radical (unpaired) electrons. The van der Waals surface area contributed by atoms with E-state index in [4.69, 9.17) is 9.47 Å². The van der Waals surface area contributed by atoms with E-state index in [1.165, 1.54) is 4.90 Å². The Bertz CT molecular complexity index is 1210. The second-order valence-electron chi connectivity index (χ2n) is 9.83. The lowest BCUT2D eigenvalue weighted by Gasteiger charge is -2.33. The number of nitrogens with one attached hydrogen (secondary N) is 1. The van der Waals surface area contributed by atoms with Gasteiger partial charge in [-0.15, -0.1) is 0 Å².